The van der Waals surface area contributed by atoms with Crippen LogP contribution in [0, 0.1) is 5.82 Å². The third-order valence-corrected chi connectivity index (χ3v) is 2.78. The van der Waals surface area contributed by atoms with Gasteiger partial charge in [-0.25, -0.2) is 9.18 Å². The molecule has 4 nitrogen and oxygen atoms in total. The lowest BCUT2D eigenvalue weighted by Gasteiger charge is -2.07. The van der Waals surface area contributed by atoms with Crippen LogP contribution in [0.5, 0.6) is 0 Å². The van der Waals surface area contributed by atoms with Crippen LogP contribution >= 0.6 is 11.6 Å². The van der Waals surface area contributed by atoms with Gasteiger partial charge >= 0.3 is 5.97 Å². The number of anilines is 1. The van der Waals surface area contributed by atoms with Crippen LogP contribution in [0.25, 0.3) is 0 Å². The summed E-state index contributed by atoms with van der Waals surface area (Å²) in [5.74, 6) is -2.39. The molecule has 0 aliphatic heterocycles. The number of carboxylic acid groups (broad SMARTS) is 1. The van der Waals surface area contributed by atoms with Gasteiger partial charge in [0.15, 0.2) is 0 Å². The Morgan fingerprint density at radius 3 is 2.50 bits per heavy atom. The summed E-state index contributed by atoms with van der Waals surface area (Å²) in [4.78, 5) is 22.8. The van der Waals surface area contributed by atoms with Crippen LogP contribution in [-0.2, 0) is 0 Å². The number of carboxylic acids is 1. The first-order valence-corrected chi connectivity index (χ1v) is 5.95. The first-order chi connectivity index (χ1) is 9.47. The number of aromatic carboxylic acids is 1. The van der Waals surface area contributed by atoms with Gasteiger partial charge in [0.2, 0.25) is 0 Å². The highest BCUT2D eigenvalue weighted by molar-refractivity contribution is 6.31. The zero-order chi connectivity index (χ0) is 14.7. The van der Waals surface area contributed by atoms with Gasteiger partial charge in [-0.1, -0.05) is 17.7 Å². The molecule has 102 valence electrons. The molecule has 0 aliphatic rings. The van der Waals surface area contributed by atoms with Crippen molar-refractivity contribution < 1.29 is 19.1 Å². The monoisotopic (exact) mass is 293 g/mol. The number of carbonyl (C=O) groups excluding carboxylic acids is 1. The van der Waals surface area contributed by atoms with Gasteiger partial charge in [0, 0.05) is 10.6 Å². The van der Waals surface area contributed by atoms with Crippen LogP contribution in [-0.4, -0.2) is 17.0 Å². The standard InChI is InChI=1S/C14H9ClFNO3/c15-10-4-5-11(16)12(7-10)17-13(18)8-2-1-3-9(6-8)14(19)20/h1-7H,(H,17,18)(H,19,20). The summed E-state index contributed by atoms with van der Waals surface area (Å²) in [6, 6.07) is 9.20. The minimum absolute atomic E-state index is 0.0239. The summed E-state index contributed by atoms with van der Waals surface area (Å²) in [5, 5.41) is 11.5. The van der Waals surface area contributed by atoms with E-state index in [1.165, 1.54) is 36.4 Å². The molecule has 20 heavy (non-hydrogen) atoms. The highest BCUT2D eigenvalue weighted by atomic mass is 35.5. The zero-order valence-corrected chi connectivity index (χ0v) is 10.8. The fourth-order valence-electron chi connectivity index (χ4n) is 1.58. The van der Waals surface area contributed by atoms with Gasteiger partial charge in [-0.3, -0.25) is 4.79 Å². The third kappa shape index (κ3) is 3.13. The number of halogens is 2. The smallest absolute Gasteiger partial charge is 0.335 e. The largest absolute Gasteiger partial charge is 0.478 e. The second-order valence-corrected chi connectivity index (χ2v) is 4.40. The average molecular weight is 294 g/mol. The maximum atomic E-state index is 13.5. The number of carbonyl (C=O) groups is 2. The van der Waals surface area contributed by atoms with Gasteiger partial charge in [-0.15, -0.1) is 0 Å². The molecule has 0 saturated heterocycles. The third-order valence-electron chi connectivity index (χ3n) is 2.55. The molecule has 0 heterocycles. The molecule has 0 saturated carbocycles. The second-order valence-electron chi connectivity index (χ2n) is 3.96. The molecule has 0 spiro atoms. The van der Waals surface area contributed by atoms with Gasteiger partial charge < -0.3 is 10.4 Å². The van der Waals surface area contributed by atoms with Crippen LogP contribution < -0.4 is 5.32 Å². The summed E-state index contributed by atoms with van der Waals surface area (Å²) in [6.07, 6.45) is 0. The fourth-order valence-corrected chi connectivity index (χ4v) is 1.75. The predicted octanol–water partition coefficient (Wildman–Crippen LogP) is 3.43. The molecule has 0 atom stereocenters. The van der Waals surface area contributed by atoms with Gasteiger partial charge in [-0.2, -0.15) is 0 Å². The van der Waals surface area contributed by atoms with Crippen molar-refractivity contribution in [2.75, 3.05) is 5.32 Å². The van der Waals surface area contributed by atoms with Crippen molar-refractivity contribution in [3.05, 3.63) is 64.4 Å². The summed E-state index contributed by atoms with van der Waals surface area (Å²) < 4.78 is 13.5. The molecule has 0 unspecified atom stereocenters. The molecule has 2 N–H and O–H groups in total. The Morgan fingerprint density at radius 1 is 1.10 bits per heavy atom. The van der Waals surface area contributed by atoms with E-state index in [0.717, 1.165) is 6.07 Å². The first-order valence-electron chi connectivity index (χ1n) is 5.57. The van der Waals surface area contributed by atoms with Crippen LogP contribution in [0.15, 0.2) is 42.5 Å². The Hall–Kier alpha value is -2.40. The van der Waals surface area contributed by atoms with E-state index in [9.17, 15) is 14.0 Å². The van der Waals surface area contributed by atoms with E-state index < -0.39 is 17.7 Å². The Bertz CT molecular complexity index is 688. The van der Waals surface area contributed by atoms with E-state index in [2.05, 4.69) is 5.32 Å². The summed E-state index contributed by atoms with van der Waals surface area (Å²) in [6.45, 7) is 0. The molecule has 6 heteroatoms. The maximum absolute atomic E-state index is 13.5. The Labute approximate surface area is 118 Å². The van der Waals surface area contributed by atoms with Crippen molar-refractivity contribution in [3.63, 3.8) is 0 Å². The predicted molar refractivity (Wildman–Crippen MR) is 72.8 cm³/mol. The zero-order valence-electron chi connectivity index (χ0n) is 10.1. The highest BCUT2D eigenvalue weighted by Gasteiger charge is 2.12. The summed E-state index contributed by atoms with van der Waals surface area (Å²) in [5.41, 5.74) is 0.0247. The van der Waals surface area contributed by atoms with Crippen LogP contribution in [0.3, 0.4) is 0 Å². The van der Waals surface area contributed by atoms with Crippen molar-refractivity contribution in [3.8, 4) is 0 Å². The van der Waals surface area contributed by atoms with E-state index in [4.69, 9.17) is 16.7 Å². The Balaban J connectivity index is 2.26. The van der Waals surface area contributed by atoms with Gasteiger partial charge in [0.05, 0.1) is 11.3 Å². The van der Waals surface area contributed by atoms with Gasteiger partial charge in [-0.05, 0) is 36.4 Å². The van der Waals surface area contributed by atoms with Crippen LogP contribution in [0.1, 0.15) is 20.7 Å². The number of amides is 1. The van der Waals surface area contributed by atoms with E-state index in [-0.39, 0.29) is 21.8 Å². The highest BCUT2D eigenvalue weighted by Crippen LogP contribution is 2.20. The number of hydrogen-bond donors (Lipinski definition) is 2. The van der Waals surface area contributed by atoms with Gasteiger partial charge in [0.1, 0.15) is 5.82 Å². The molecule has 0 aromatic heterocycles. The lowest BCUT2D eigenvalue weighted by Crippen LogP contribution is -2.13. The van der Waals surface area contributed by atoms with Crippen molar-refractivity contribution in [1.82, 2.24) is 0 Å². The van der Waals surface area contributed by atoms with Gasteiger partial charge in [0.25, 0.3) is 5.91 Å². The SMILES string of the molecule is O=C(O)c1cccc(C(=O)Nc2cc(Cl)ccc2F)c1. The molecule has 0 radical (unpaired) electrons. The molecule has 0 bridgehead atoms. The minimum Gasteiger partial charge on any atom is -0.478 e. The van der Waals surface area contributed by atoms with E-state index in [0.29, 0.717) is 0 Å². The lowest BCUT2D eigenvalue weighted by atomic mass is 10.1. The summed E-state index contributed by atoms with van der Waals surface area (Å²) >= 11 is 5.72. The molecule has 0 aliphatic carbocycles. The molecule has 2 rings (SSSR count). The van der Waals surface area contributed by atoms with Crippen molar-refractivity contribution in [2.24, 2.45) is 0 Å². The second kappa shape index (κ2) is 5.71. The average Bonchev–Trinajstić information content (AvgIpc) is 2.43. The Kier molecular flexibility index (Phi) is 4.00. The molecule has 1 amide bonds. The quantitative estimate of drug-likeness (QED) is 0.911. The molecular weight excluding hydrogens is 285 g/mol. The number of benzene rings is 2. The molecule has 0 fully saturated rings. The van der Waals surface area contributed by atoms with Crippen LogP contribution in [0.2, 0.25) is 5.02 Å². The van der Waals surface area contributed by atoms with Crippen molar-refractivity contribution in [1.29, 1.82) is 0 Å². The Morgan fingerprint density at radius 2 is 1.80 bits per heavy atom. The maximum Gasteiger partial charge on any atom is 0.335 e. The molecule has 2 aromatic carbocycles. The van der Waals surface area contributed by atoms with E-state index >= 15 is 0 Å². The number of hydrogen-bond acceptors (Lipinski definition) is 2. The normalized spacial score (nSPS) is 10.1. The van der Waals surface area contributed by atoms with Crippen molar-refractivity contribution >= 4 is 29.2 Å². The molecular formula is C14H9ClFNO3. The minimum atomic E-state index is -1.14. The first kappa shape index (κ1) is 14.0. The fraction of sp³-hybridized carbons (Fsp3) is 0. The number of rotatable bonds is 3. The topological polar surface area (TPSA) is 66.4 Å². The van der Waals surface area contributed by atoms with E-state index in [1.807, 2.05) is 0 Å². The number of nitrogens with one attached hydrogen (secondary N) is 1. The lowest BCUT2D eigenvalue weighted by molar-refractivity contribution is 0.0697. The van der Waals surface area contributed by atoms with Crippen molar-refractivity contribution in [2.45, 2.75) is 0 Å². The van der Waals surface area contributed by atoms with E-state index in [1.54, 1.807) is 0 Å². The van der Waals surface area contributed by atoms with Crippen LogP contribution in [0.4, 0.5) is 10.1 Å². The summed E-state index contributed by atoms with van der Waals surface area (Å²) in [7, 11) is 0. The molecule has 2 aromatic rings.